The number of amides is 1. The summed E-state index contributed by atoms with van der Waals surface area (Å²) in [5.41, 5.74) is 1.65. The number of carbonyl (C=O) groups excluding carboxylic acids is 2. The Morgan fingerprint density at radius 1 is 0.946 bits per heavy atom. The highest BCUT2D eigenvalue weighted by molar-refractivity contribution is 7.92. The van der Waals surface area contributed by atoms with Crippen molar-refractivity contribution >= 4 is 50.0 Å². The van der Waals surface area contributed by atoms with Crippen molar-refractivity contribution in [1.82, 2.24) is 5.32 Å². The van der Waals surface area contributed by atoms with Gasteiger partial charge < -0.3 is 10.2 Å². The fourth-order valence-corrected chi connectivity index (χ4v) is 5.57. The lowest BCUT2D eigenvalue weighted by Crippen LogP contribution is -2.41. The molecule has 190 valence electrons. The van der Waals surface area contributed by atoms with Gasteiger partial charge in [0.15, 0.2) is 0 Å². The molecule has 3 N–H and O–H groups in total. The summed E-state index contributed by atoms with van der Waals surface area (Å²) < 4.78 is 28.7. The molecule has 0 radical (unpaired) electrons. The Morgan fingerprint density at radius 2 is 1.68 bits per heavy atom. The molecule has 0 aromatic heterocycles. The van der Waals surface area contributed by atoms with Crippen molar-refractivity contribution in [3.05, 3.63) is 107 Å². The molecule has 4 aromatic carbocycles. The van der Waals surface area contributed by atoms with Gasteiger partial charge in [0, 0.05) is 11.6 Å². The highest BCUT2D eigenvalue weighted by Gasteiger charge is 2.29. The summed E-state index contributed by atoms with van der Waals surface area (Å²) in [6.45, 7) is 1.27. The fourth-order valence-electron chi connectivity index (χ4n) is 3.88. The Bertz CT molecular complexity index is 1590. The molecule has 0 aliphatic carbocycles. The third-order valence-corrected chi connectivity index (χ3v) is 8.03. The minimum atomic E-state index is -4.15. The number of carbonyl (C=O) groups is 2. The Kier molecular flexibility index (Phi) is 7.77. The number of hydrogen-bond acceptors (Lipinski definition) is 6. The molecule has 0 fully saturated rings. The Balaban J connectivity index is 1.64. The molecule has 4 rings (SSSR count). The summed E-state index contributed by atoms with van der Waals surface area (Å²) in [7, 11) is -4.15. The molecule has 0 bridgehead atoms. The van der Waals surface area contributed by atoms with E-state index in [9.17, 15) is 18.0 Å². The molecule has 0 saturated carbocycles. The van der Waals surface area contributed by atoms with Gasteiger partial charge in [-0.3, -0.25) is 9.10 Å². The molecule has 0 heterocycles. The van der Waals surface area contributed by atoms with Crippen molar-refractivity contribution < 1.29 is 22.8 Å². The zero-order valence-electron chi connectivity index (χ0n) is 19.8. The van der Waals surface area contributed by atoms with E-state index in [0.717, 1.165) is 15.1 Å². The highest BCUT2D eigenvalue weighted by atomic mass is 35.5. The van der Waals surface area contributed by atoms with Crippen LogP contribution >= 0.6 is 11.6 Å². The quantitative estimate of drug-likeness (QED) is 0.323. The summed E-state index contributed by atoms with van der Waals surface area (Å²) in [6.07, 6.45) is 0. The number of hydrogen-bond donors (Lipinski definition) is 2. The van der Waals surface area contributed by atoms with E-state index in [0.29, 0.717) is 21.8 Å². The van der Waals surface area contributed by atoms with Crippen LogP contribution in [0.15, 0.2) is 89.8 Å². The monoisotopic (exact) mass is 537 g/mol. The van der Waals surface area contributed by atoms with E-state index >= 15 is 0 Å². The van der Waals surface area contributed by atoms with Gasteiger partial charge in [0.05, 0.1) is 16.1 Å². The number of nitrogens with zero attached hydrogens (tertiary/aromatic N) is 1. The van der Waals surface area contributed by atoms with Crippen molar-refractivity contribution in [1.29, 1.82) is 0 Å². The summed E-state index contributed by atoms with van der Waals surface area (Å²) in [6, 6.07) is 23.5. The molecule has 8 nitrogen and oxygen atoms in total. The van der Waals surface area contributed by atoms with Gasteiger partial charge in [-0.05, 0) is 65.2 Å². The first kappa shape index (κ1) is 26.2. The number of benzene rings is 4. The van der Waals surface area contributed by atoms with Crippen molar-refractivity contribution in [2.75, 3.05) is 10.8 Å². The SMILES string of the molecule is Cc1c(Cl)cccc1N(CC(=O)NCc1cccc(C(=O)ON)c1)S(=O)(=O)c1ccc2ccccc2c1. The standard InChI is InChI=1S/C27H24ClN3O5S/c1-18-24(28)10-5-11-25(18)31(37(34,35)23-13-12-20-7-2-3-8-21(20)15-23)17-26(32)30-16-19-6-4-9-22(14-19)27(33)36-29/h2-15H,16-17,29H2,1H3,(H,30,32). The van der Waals surface area contributed by atoms with Gasteiger partial charge in [-0.2, -0.15) is 5.90 Å². The van der Waals surface area contributed by atoms with Gasteiger partial charge >= 0.3 is 5.97 Å². The Hall–Kier alpha value is -3.92. The lowest BCUT2D eigenvalue weighted by atomic mass is 10.1. The maximum absolute atomic E-state index is 13.8. The second-order valence-electron chi connectivity index (χ2n) is 8.29. The number of halogens is 1. The molecule has 0 saturated heterocycles. The number of rotatable bonds is 8. The molecule has 37 heavy (non-hydrogen) atoms. The van der Waals surface area contributed by atoms with E-state index in [-0.39, 0.29) is 17.0 Å². The summed E-state index contributed by atoms with van der Waals surface area (Å²) in [5.74, 6) is 3.68. The van der Waals surface area contributed by atoms with Gasteiger partial charge in [-0.1, -0.05) is 60.1 Å². The first-order chi connectivity index (χ1) is 17.7. The van der Waals surface area contributed by atoms with Crippen molar-refractivity contribution in [2.24, 2.45) is 5.90 Å². The molecule has 10 heteroatoms. The molecule has 0 atom stereocenters. The van der Waals surface area contributed by atoms with E-state index in [2.05, 4.69) is 10.2 Å². The van der Waals surface area contributed by atoms with Gasteiger partial charge in [-0.25, -0.2) is 13.2 Å². The minimum Gasteiger partial charge on any atom is -0.370 e. The number of fused-ring (bicyclic) bond motifs is 1. The largest absolute Gasteiger partial charge is 0.370 e. The zero-order chi connectivity index (χ0) is 26.6. The van der Waals surface area contributed by atoms with Crippen LogP contribution in [0.2, 0.25) is 5.02 Å². The third kappa shape index (κ3) is 5.75. The number of nitrogens with two attached hydrogens (primary N) is 1. The second-order valence-corrected chi connectivity index (χ2v) is 10.6. The number of sulfonamides is 1. The van der Waals surface area contributed by atoms with Crippen LogP contribution in [0, 0.1) is 6.92 Å². The second kappa shape index (κ2) is 11.0. The van der Waals surface area contributed by atoms with Crippen molar-refractivity contribution in [3.63, 3.8) is 0 Å². The van der Waals surface area contributed by atoms with Crippen LogP contribution in [0.3, 0.4) is 0 Å². The highest BCUT2D eigenvalue weighted by Crippen LogP contribution is 2.31. The van der Waals surface area contributed by atoms with Gasteiger partial charge in [0.1, 0.15) is 6.54 Å². The molecule has 0 aliphatic rings. The van der Waals surface area contributed by atoms with Crippen LogP contribution in [0.4, 0.5) is 5.69 Å². The average Bonchev–Trinajstić information content (AvgIpc) is 2.91. The maximum Gasteiger partial charge on any atom is 0.356 e. The van der Waals surface area contributed by atoms with Crippen LogP contribution < -0.4 is 15.5 Å². The number of nitrogens with one attached hydrogen (secondary N) is 1. The van der Waals surface area contributed by atoms with Gasteiger partial charge in [0.2, 0.25) is 5.91 Å². The smallest absolute Gasteiger partial charge is 0.356 e. The molecule has 0 aliphatic heterocycles. The summed E-state index contributed by atoms with van der Waals surface area (Å²) in [5, 5.41) is 4.73. The molecule has 4 aromatic rings. The average molecular weight is 538 g/mol. The molecule has 0 unspecified atom stereocenters. The molecule has 0 spiro atoms. The molecule has 1 amide bonds. The van der Waals surface area contributed by atoms with Crippen molar-refractivity contribution in [3.8, 4) is 0 Å². The first-order valence-electron chi connectivity index (χ1n) is 11.2. The van der Waals surface area contributed by atoms with Crippen LogP contribution in [0.25, 0.3) is 10.8 Å². The van der Waals surface area contributed by atoms with Crippen LogP contribution in [0.5, 0.6) is 0 Å². The number of anilines is 1. The zero-order valence-corrected chi connectivity index (χ0v) is 21.4. The Labute approximate surface area is 219 Å². The van der Waals surface area contributed by atoms with E-state index < -0.39 is 28.4 Å². The normalized spacial score (nSPS) is 11.2. The molecular weight excluding hydrogens is 514 g/mol. The predicted molar refractivity (Wildman–Crippen MR) is 143 cm³/mol. The van der Waals surface area contributed by atoms with Crippen LogP contribution in [-0.2, 0) is 26.2 Å². The van der Waals surface area contributed by atoms with Crippen molar-refractivity contribution in [2.45, 2.75) is 18.4 Å². The lowest BCUT2D eigenvalue weighted by Gasteiger charge is -2.26. The summed E-state index contributed by atoms with van der Waals surface area (Å²) in [4.78, 5) is 29.0. The van der Waals surface area contributed by atoms with E-state index in [1.54, 1.807) is 49.4 Å². The van der Waals surface area contributed by atoms with Crippen LogP contribution in [-0.4, -0.2) is 26.8 Å². The third-order valence-electron chi connectivity index (χ3n) is 5.86. The fraction of sp³-hybridized carbons (Fsp3) is 0.111. The summed E-state index contributed by atoms with van der Waals surface area (Å²) >= 11 is 6.29. The van der Waals surface area contributed by atoms with E-state index in [4.69, 9.17) is 17.5 Å². The van der Waals surface area contributed by atoms with E-state index in [1.165, 1.54) is 18.2 Å². The molecular formula is C27H24ClN3O5S. The predicted octanol–water partition coefficient (Wildman–Crippen LogP) is 4.34. The Morgan fingerprint density at radius 3 is 2.43 bits per heavy atom. The van der Waals surface area contributed by atoms with Gasteiger partial charge in [-0.15, -0.1) is 0 Å². The van der Waals surface area contributed by atoms with Crippen LogP contribution in [0.1, 0.15) is 21.5 Å². The maximum atomic E-state index is 13.8. The lowest BCUT2D eigenvalue weighted by molar-refractivity contribution is -0.119. The first-order valence-corrected chi connectivity index (χ1v) is 13.1. The topological polar surface area (TPSA) is 119 Å². The van der Waals surface area contributed by atoms with Gasteiger partial charge in [0.25, 0.3) is 10.0 Å². The minimum absolute atomic E-state index is 0.0476. The van der Waals surface area contributed by atoms with E-state index in [1.807, 2.05) is 24.3 Å².